The van der Waals surface area contributed by atoms with Crippen molar-refractivity contribution in [3.8, 4) is 0 Å². The van der Waals surface area contributed by atoms with Gasteiger partial charge in [-0.1, -0.05) is 19.1 Å². The van der Waals surface area contributed by atoms with Crippen molar-refractivity contribution in [2.45, 2.75) is 38.8 Å². The van der Waals surface area contributed by atoms with Gasteiger partial charge in [-0.2, -0.15) is 0 Å². The van der Waals surface area contributed by atoms with Gasteiger partial charge < -0.3 is 9.84 Å². The van der Waals surface area contributed by atoms with Crippen molar-refractivity contribution < 1.29 is 14.6 Å². The Kier molecular flexibility index (Phi) is 5.56. The van der Waals surface area contributed by atoms with Crippen LogP contribution in [-0.2, 0) is 11.3 Å². The summed E-state index contributed by atoms with van der Waals surface area (Å²) in [7, 11) is 0. The van der Waals surface area contributed by atoms with Crippen LogP contribution in [0.25, 0.3) is 0 Å². The highest BCUT2D eigenvalue weighted by Crippen LogP contribution is 2.16. The van der Waals surface area contributed by atoms with Gasteiger partial charge in [-0.25, -0.2) is 4.79 Å². The van der Waals surface area contributed by atoms with Gasteiger partial charge in [0.15, 0.2) is 0 Å². The number of piperidine rings is 1. The fourth-order valence-corrected chi connectivity index (χ4v) is 2.59. The third-order valence-corrected chi connectivity index (χ3v) is 3.63. The van der Waals surface area contributed by atoms with Gasteiger partial charge in [-0.3, -0.25) is 4.90 Å². The van der Waals surface area contributed by atoms with E-state index in [9.17, 15) is 4.79 Å². The van der Waals surface area contributed by atoms with Crippen molar-refractivity contribution in [3.05, 3.63) is 35.4 Å². The van der Waals surface area contributed by atoms with E-state index in [0.717, 1.165) is 44.6 Å². The molecule has 4 heteroatoms. The number of nitrogens with zero attached hydrogens (tertiary/aromatic N) is 1. The van der Waals surface area contributed by atoms with Crippen LogP contribution in [0, 0.1) is 0 Å². The van der Waals surface area contributed by atoms with Crippen molar-refractivity contribution >= 4 is 5.97 Å². The van der Waals surface area contributed by atoms with Crippen molar-refractivity contribution in [1.29, 1.82) is 0 Å². The average molecular weight is 277 g/mol. The van der Waals surface area contributed by atoms with Gasteiger partial charge >= 0.3 is 5.97 Å². The highest BCUT2D eigenvalue weighted by Gasteiger charge is 2.20. The first-order chi connectivity index (χ1) is 9.69. The van der Waals surface area contributed by atoms with E-state index in [2.05, 4.69) is 11.8 Å². The maximum atomic E-state index is 10.8. The Morgan fingerprint density at radius 3 is 2.80 bits per heavy atom. The SMILES string of the molecule is CCCOC1CCCN(Cc2ccc(C(=O)O)cc2)C1. The van der Waals surface area contributed by atoms with Crippen molar-refractivity contribution in [1.82, 2.24) is 4.90 Å². The molecule has 1 aromatic carbocycles. The molecular formula is C16H23NO3. The van der Waals surface area contributed by atoms with Crippen LogP contribution >= 0.6 is 0 Å². The highest BCUT2D eigenvalue weighted by atomic mass is 16.5. The van der Waals surface area contributed by atoms with Gasteiger partial charge in [0.25, 0.3) is 0 Å². The summed E-state index contributed by atoms with van der Waals surface area (Å²) >= 11 is 0. The zero-order valence-corrected chi connectivity index (χ0v) is 12.0. The first-order valence-electron chi connectivity index (χ1n) is 7.35. The minimum absolute atomic E-state index is 0.344. The van der Waals surface area contributed by atoms with E-state index in [4.69, 9.17) is 9.84 Å². The maximum Gasteiger partial charge on any atom is 0.335 e. The molecule has 1 aliphatic heterocycles. The summed E-state index contributed by atoms with van der Waals surface area (Å²) in [6.07, 6.45) is 3.73. The molecule has 1 unspecified atom stereocenters. The van der Waals surface area contributed by atoms with E-state index in [-0.39, 0.29) is 0 Å². The molecule has 110 valence electrons. The number of carbonyl (C=O) groups is 1. The number of hydrogen-bond donors (Lipinski definition) is 1. The molecule has 1 atom stereocenters. The molecule has 1 saturated heterocycles. The first kappa shape index (κ1) is 15.0. The Labute approximate surface area is 120 Å². The number of likely N-dealkylation sites (tertiary alicyclic amines) is 1. The number of rotatable bonds is 6. The summed E-state index contributed by atoms with van der Waals surface area (Å²) in [6, 6.07) is 7.15. The van der Waals surface area contributed by atoms with Crippen molar-refractivity contribution in [2.24, 2.45) is 0 Å². The number of hydrogen-bond acceptors (Lipinski definition) is 3. The zero-order valence-electron chi connectivity index (χ0n) is 12.0. The van der Waals surface area contributed by atoms with Crippen LogP contribution in [0.5, 0.6) is 0 Å². The Morgan fingerprint density at radius 1 is 1.40 bits per heavy atom. The zero-order chi connectivity index (χ0) is 14.4. The van der Waals surface area contributed by atoms with Crippen LogP contribution in [0.3, 0.4) is 0 Å². The molecule has 20 heavy (non-hydrogen) atoms. The Bertz CT molecular complexity index is 430. The predicted molar refractivity (Wildman–Crippen MR) is 77.9 cm³/mol. The molecule has 1 N–H and O–H groups in total. The molecule has 1 heterocycles. The molecule has 4 nitrogen and oxygen atoms in total. The number of carboxylic acids is 1. The number of ether oxygens (including phenoxy) is 1. The van der Waals surface area contributed by atoms with Crippen LogP contribution in [0.2, 0.25) is 0 Å². The third-order valence-electron chi connectivity index (χ3n) is 3.63. The maximum absolute atomic E-state index is 10.8. The standard InChI is InChI=1S/C16H23NO3/c1-2-10-20-15-4-3-9-17(12-15)11-13-5-7-14(8-6-13)16(18)19/h5-8,15H,2-4,9-12H2,1H3,(H,18,19). The summed E-state index contributed by atoms with van der Waals surface area (Å²) < 4.78 is 5.83. The van der Waals surface area contributed by atoms with E-state index >= 15 is 0 Å². The number of benzene rings is 1. The second kappa shape index (κ2) is 7.41. The largest absolute Gasteiger partial charge is 0.478 e. The second-order valence-electron chi connectivity index (χ2n) is 5.37. The summed E-state index contributed by atoms with van der Waals surface area (Å²) in [5.41, 5.74) is 1.50. The molecular weight excluding hydrogens is 254 g/mol. The molecule has 0 aliphatic carbocycles. The minimum atomic E-state index is -0.873. The average Bonchev–Trinajstić information content (AvgIpc) is 2.46. The van der Waals surface area contributed by atoms with E-state index in [1.54, 1.807) is 12.1 Å². The van der Waals surface area contributed by atoms with Gasteiger partial charge in [-0.05, 0) is 43.5 Å². The fraction of sp³-hybridized carbons (Fsp3) is 0.562. The molecule has 0 amide bonds. The number of aromatic carboxylic acids is 1. The van der Waals surface area contributed by atoms with Gasteiger partial charge in [0.05, 0.1) is 11.7 Å². The lowest BCUT2D eigenvalue weighted by atomic mass is 10.1. The van der Waals surface area contributed by atoms with Gasteiger partial charge in [0, 0.05) is 19.7 Å². The summed E-state index contributed by atoms with van der Waals surface area (Å²) in [6.45, 7) is 5.90. The smallest absolute Gasteiger partial charge is 0.335 e. The molecule has 1 fully saturated rings. The lowest BCUT2D eigenvalue weighted by molar-refractivity contribution is -0.00222. The monoisotopic (exact) mass is 277 g/mol. The minimum Gasteiger partial charge on any atom is -0.478 e. The Hall–Kier alpha value is -1.39. The molecule has 2 rings (SSSR count). The molecule has 0 spiro atoms. The first-order valence-corrected chi connectivity index (χ1v) is 7.35. The summed E-state index contributed by atoms with van der Waals surface area (Å²) in [5, 5.41) is 8.89. The lowest BCUT2D eigenvalue weighted by Gasteiger charge is -2.32. The van der Waals surface area contributed by atoms with Gasteiger partial charge in [0.2, 0.25) is 0 Å². The highest BCUT2D eigenvalue weighted by molar-refractivity contribution is 5.87. The van der Waals surface area contributed by atoms with Crippen molar-refractivity contribution in [3.63, 3.8) is 0 Å². The number of carboxylic acid groups (broad SMARTS) is 1. The fourth-order valence-electron chi connectivity index (χ4n) is 2.59. The van der Waals surface area contributed by atoms with Crippen LogP contribution in [0.15, 0.2) is 24.3 Å². The predicted octanol–water partition coefficient (Wildman–Crippen LogP) is 2.78. The van der Waals surface area contributed by atoms with Crippen LogP contribution in [0.4, 0.5) is 0 Å². The molecule has 0 saturated carbocycles. The van der Waals surface area contributed by atoms with Crippen LogP contribution in [0.1, 0.15) is 42.1 Å². The normalized spacial score (nSPS) is 19.9. The molecule has 0 bridgehead atoms. The topological polar surface area (TPSA) is 49.8 Å². The van der Waals surface area contributed by atoms with Crippen LogP contribution < -0.4 is 0 Å². The lowest BCUT2D eigenvalue weighted by Crippen LogP contribution is -2.39. The van der Waals surface area contributed by atoms with Gasteiger partial charge in [-0.15, -0.1) is 0 Å². The van der Waals surface area contributed by atoms with E-state index in [1.165, 1.54) is 6.42 Å². The van der Waals surface area contributed by atoms with E-state index < -0.39 is 5.97 Å². The van der Waals surface area contributed by atoms with E-state index in [1.807, 2.05) is 12.1 Å². The van der Waals surface area contributed by atoms with E-state index in [0.29, 0.717) is 11.7 Å². The Morgan fingerprint density at radius 2 is 2.15 bits per heavy atom. The molecule has 1 aromatic rings. The van der Waals surface area contributed by atoms with Crippen LogP contribution in [-0.4, -0.2) is 41.8 Å². The van der Waals surface area contributed by atoms with Crippen molar-refractivity contribution in [2.75, 3.05) is 19.7 Å². The van der Waals surface area contributed by atoms with Gasteiger partial charge in [0.1, 0.15) is 0 Å². The third kappa shape index (κ3) is 4.32. The molecule has 0 aromatic heterocycles. The second-order valence-corrected chi connectivity index (χ2v) is 5.37. The molecule has 1 aliphatic rings. The molecule has 0 radical (unpaired) electrons. The summed E-state index contributed by atoms with van der Waals surface area (Å²) in [5.74, 6) is -0.873. The summed E-state index contributed by atoms with van der Waals surface area (Å²) in [4.78, 5) is 13.2. The Balaban J connectivity index is 1.87. The quantitative estimate of drug-likeness (QED) is 0.868.